The molecule has 0 rings (SSSR count). The summed E-state index contributed by atoms with van der Waals surface area (Å²) in [6.45, 7) is 1.48. The van der Waals surface area contributed by atoms with Gasteiger partial charge in [-0.2, -0.15) is 26.3 Å². The molecule has 0 bridgehead atoms. The summed E-state index contributed by atoms with van der Waals surface area (Å²) in [5.41, 5.74) is 0.596. The van der Waals surface area contributed by atoms with Gasteiger partial charge in [-0.25, -0.2) is 0 Å². The van der Waals surface area contributed by atoms with Gasteiger partial charge < -0.3 is 5.73 Å². The maximum absolute atomic E-state index is 12.2. The summed E-state index contributed by atoms with van der Waals surface area (Å²) >= 11 is 0. The molecule has 0 radical (unpaired) electrons. The van der Waals surface area contributed by atoms with Crippen LogP contribution in [0.15, 0.2) is 22.9 Å². The quantitative estimate of drug-likeness (QED) is 0.545. The van der Waals surface area contributed by atoms with Crippen molar-refractivity contribution in [1.29, 1.82) is 0 Å². The average Bonchev–Trinajstić information content (AvgIpc) is 1.99. The van der Waals surface area contributed by atoms with Gasteiger partial charge in [-0.05, 0) is 13.8 Å². The Morgan fingerprint density at radius 3 is 1.60 bits per heavy atom. The van der Waals surface area contributed by atoms with E-state index >= 15 is 0 Å². The van der Waals surface area contributed by atoms with Crippen molar-refractivity contribution in [1.82, 2.24) is 0 Å². The monoisotopic (exact) mass is 233 g/mol. The van der Waals surface area contributed by atoms with Gasteiger partial charge >= 0.3 is 12.4 Å². The maximum Gasteiger partial charge on any atom is 0.418 e. The maximum atomic E-state index is 12.2. The molecule has 0 atom stereocenters. The first kappa shape index (κ1) is 13.9. The summed E-state index contributed by atoms with van der Waals surface area (Å²) in [5, 5.41) is 0. The highest BCUT2D eigenvalue weighted by molar-refractivity contribution is 5.36. The second kappa shape index (κ2) is 4.16. The zero-order valence-electron chi connectivity index (χ0n) is 7.92. The molecule has 0 saturated heterocycles. The van der Waals surface area contributed by atoms with Gasteiger partial charge in [0.2, 0.25) is 0 Å². The number of alkyl halides is 6. The molecule has 0 aromatic rings. The van der Waals surface area contributed by atoms with Crippen LogP contribution in [0.4, 0.5) is 26.3 Å². The Bertz CT molecular complexity index is 293. The normalized spacial score (nSPS) is 16.4. The topological polar surface area (TPSA) is 26.0 Å². The van der Waals surface area contributed by atoms with E-state index in [9.17, 15) is 26.3 Å². The molecule has 0 aromatic carbocycles. The molecule has 0 aliphatic carbocycles. The summed E-state index contributed by atoms with van der Waals surface area (Å²) in [6, 6.07) is 0. The highest BCUT2D eigenvalue weighted by Gasteiger charge is 2.40. The Labute approximate surface area is 82.2 Å². The Hall–Kier alpha value is -1.14. The van der Waals surface area contributed by atoms with Crippen LogP contribution in [0.2, 0.25) is 0 Å². The van der Waals surface area contributed by atoms with Crippen molar-refractivity contribution in [3.05, 3.63) is 22.9 Å². The fourth-order valence-corrected chi connectivity index (χ4v) is 0.827. The lowest BCUT2D eigenvalue weighted by atomic mass is 10.1. The van der Waals surface area contributed by atoms with Crippen LogP contribution in [-0.4, -0.2) is 12.4 Å². The van der Waals surface area contributed by atoms with Gasteiger partial charge in [0.15, 0.2) is 0 Å². The number of halogens is 6. The van der Waals surface area contributed by atoms with Gasteiger partial charge in [0.25, 0.3) is 0 Å². The summed E-state index contributed by atoms with van der Waals surface area (Å²) in [5.74, 6) is 0. The van der Waals surface area contributed by atoms with E-state index in [1.807, 2.05) is 0 Å². The molecule has 0 spiro atoms. The van der Waals surface area contributed by atoms with Crippen LogP contribution in [0, 0.1) is 0 Å². The molecule has 0 aliphatic rings. The number of hydrogen-bond donors (Lipinski definition) is 1. The minimum absolute atomic E-state index is 0.505. The molecule has 1 nitrogen and oxygen atoms in total. The van der Waals surface area contributed by atoms with Crippen LogP contribution < -0.4 is 5.73 Å². The smallest absolute Gasteiger partial charge is 0.398 e. The fourth-order valence-electron chi connectivity index (χ4n) is 0.827. The van der Waals surface area contributed by atoms with Gasteiger partial charge in [-0.3, -0.25) is 0 Å². The molecule has 88 valence electrons. The lowest BCUT2D eigenvalue weighted by Crippen LogP contribution is -2.23. The van der Waals surface area contributed by atoms with Gasteiger partial charge in [0.05, 0.1) is 16.8 Å². The van der Waals surface area contributed by atoms with E-state index in [0.717, 1.165) is 6.92 Å². The largest absolute Gasteiger partial charge is 0.418 e. The van der Waals surface area contributed by atoms with Crippen molar-refractivity contribution in [2.45, 2.75) is 26.2 Å². The summed E-state index contributed by atoms with van der Waals surface area (Å²) in [6.07, 6.45) is -9.24. The van der Waals surface area contributed by atoms with Gasteiger partial charge in [-0.15, -0.1) is 0 Å². The molecule has 15 heavy (non-hydrogen) atoms. The summed E-state index contributed by atoms with van der Waals surface area (Å²) in [4.78, 5) is 0. The van der Waals surface area contributed by atoms with Crippen LogP contribution in [0.5, 0.6) is 0 Å². The fraction of sp³-hybridized carbons (Fsp3) is 0.500. The van der Waals surface area contributed by atoms with E-state index in [1.54, 1.807) is 0 Å². The van der Waals surface area contributed by atoms with Crippen LogP contribution in [0.1, 0.15) is 13.8 Å². The molecule has 0 saturated carbocycles. The predicted octanol–water partition coefficient (Wildman–Crippen LogP) is 3.29. The minimum atomic E-state index is -4.88. The molecular formula is C8H9F6N. The molecule has 0 aromatic heterocycles. The van der Waals surface area contributed by atoms with Crippen LogP contribution >= 0.6 is 0 Å². The van der Waals surface area contributed by atoms with Gasteiger partial charge in [-0.1, -0.05) is 6.08 Å². The molecule has 2 N–H and O–H groups in total. The number of rotatable bonds is 1. The molecule has 0 heterocycles. The predicted molar refractivity (Wildman–Crippen MR) is 42.8 cm³/mol. The number of allylic oxidation sites excluding steroid dienone is 3. The first-order valence-corrected chi connectivity index (χ1v) is 3.79. The van der Waals surface area contributed by atoms with Crippen LogP contribution in [0.25, 0.3) is 0 Å². The van der Waals surface area contributed by atoms with E-state index in [0.29, 0.717) is 13.0 Å². The lowest BCUT2D eigenvalue weighted by Gasteiger charge is -2.16. The number of nitrogens with two attached hydrogens (primary N) is 1. The molecule has 0 aliphatic heterocycles. The molecule has 7 heteroatoms. The Morgan fingerprint density at radius 1 is 1.00 bits per heavy atom. The Morgan fingerprint density at radius 2 is 1.40 bits per heavy atom. The first-order chi connectivity index (χ1) is 6.51. The zero-order chi connectivity index (χ0) is 12.4. The second-order valence-electron chi connectivity index (χ2n) is 2.74. The van der Waals surface area contributed by atoms with E-state index in [4.69, 9.17) is 5.73 Å². The number of hydrogen-bond acceptors (Lipinski definition) is 1. The van der Waals surface area contributed by atoms with Crippen molar-refractivity contribution in [2.75, 3.05) is 0 Å². The zero-order valence-corrected chi connectivity index (χ0v) is 7.92. The second-order valence-corrected chi connectivity index (χ2v) is 2.74. The SMILES string of the molecule is C/C=C(\C(N)=C(/C)C(F)(F)F)C(F)(F)F. The molecule has 0 amide bonds. The minimum Gasteiger partial charge on any atom is -0.398 e. The molecular weight excluding hydrogens is 224 g/mol. The van der Waals surface area contributed by atoms with Crippen LogP contribution in [0.3, 0.4) is 0 Å². The standard InChI is InChI=1S/C8H9F6N/c1-3-5(8(12,13)14)6(15)4(2)7(9,10)11/h3H,15H2,1-2H3/b5-3+,6-4-. The van der Waals surface area contributed by atoms with E-state index in [2.05, 4.69) is 0 Å². The van der Waals surface area contributed by atoms with Crippen molar-refractivity contribution >= 4 is 0 Å². The highest BCUT2D eigenvalue weighted by Crippen LogP contribution is 2.34. The third kappa shape index (κ3) is 3.49. The highest BCUT2D eigenvalue weighted by atomic mass is 19.4. The Kier molecular flexibility index (Phi) is 3.84. The first-order valence-electron chi connectivity index (χ1n) is 3.79. The molecule has 0 unspecified atom stereocenters. The average molecular weight is 233 g/mol. The third-order valence-electron chi connectivity index (χ3n) is 1.71. The van der Waals surface area contributed by atoms with Crippen molar-refractivity contribution in [3.8, 4) is 0 Å². The summed E-state index contributed by atoms with van der Waals surface area (Å²) < 4.78 is 72.7. The van der Waals surface area contributed by atoms with E-state index in [-0.39, 0.29) is 0 Å². The third-order valence-corrected chi connectivity index (χ3v) is 1.71. The lowest BCUT2D eigenvalue weighted by molar-refractivity contribution is -0.0972. The summed E-state index contributed by atoms with van der Waals surface area (Å²) in [7, 11) is 0. The van der Waals surface area contributed by atoms with Gasteiger partial charge in [0.1, 0.15) is 0 Å². The van der Waals surface area contributed by atoms with Crippen molar-refractivity contribution in [3.63, 3.8) is 0 Å². The van der Waals surface area contributed by atoms with Crippen molar-refractivity contribution < 1.29 is 26.3 Å². The Balaban J connectivity index is 5.42. The van der Waals surface area contributed by atoms with Crippen molar-refractivity contribution in [2.24, 2.45) is 5.73 Å². The van der Waals surface area contributed by atoms with Gasteiger partial charge in [0, 0.05) is 0 Å². The molecule has 0 fully saturated rings. The van der Waals surface area contributed by atoms with Crippen LogP contribution in [-0.2, 0) is 0 Å². The van der Waals surface area contributed by atoms with E-state index in [1.165, 1.54) is 0 Å². The van der Waals surface area contributed by atoms with E-state index < -0.39 is 29.2 Å².